The number of rotatable bonds is 7. The molecular weight excluding hydrogens is 371 g/mol. The van der Waals surface area contributed by atoms with Crippen molar-refractivity contribution in [3.8, 4) is 0 Å². The molecule has 2 N–H and O–H groups in total. The van der Waals surface area contributed by atoms with E-state index >= 15 is 0 Å². The van der Waals surface area contributed by atoms with Gasteiger partial charge in [0, 0.05) is 13.0 Å². The van der Waals surface area contributed by atoms with Gasteiger partial charge in [0.05, 0.1) is 23.3 Å². The van der Waals surface area contributed by atoms with Crippen LogP contribution in [0.15, 0.2) is 54.7 Å². The van der Waals surface area contributed by atoms with Gasteiger partial charge in [-0.15, -0.1) is 5.10 Å². The molecule has 1 amide bonds. The van der Waals surface area contributed by atoms with E-state index in [0.29, 0.717) is 6.54 Å². The topological polar surface area (TPSA) is 88.5 Å². The fourth-order valence-electron chi connectivity index (χ4n) is 3.14. The van der Waals surface area contributed by atoms with Gasteiger partial charge in [0.2, 0.25) is 0 Å². The van der Waals surface area contributed by atoms with Crippen LogP contribution in [0, 0.1) is 5.82 Å². The van der Waals surface area contributed by atoms with Crippen LogP contribution in [-0.2, 0) is 6.42 Å². The molecule has 0 aliphatic carbocycles. The third-order valence-electron chi connectivity index (χ3n) is 4.81. The van der Waals surface area contributed by atoms with Crippen LogP contribution in [0.5, 0.6) is 0 Å². The number of aromatic amines is 1. The van der Waals surface area contributed by atoms with E-state index in [2.05, 4.69) is 25.6 Å². The number of aromatic nitrogens is 5. The van der Waals surface area contributed by atoms with Crippen molar-refractivity contribution in [1.82, 2.24) is 30.3 Å². The Balaban J connectivity index is 1.29. The average molecular weight is 392 g/mol. The molecular formula is C21H21FN6O. The highest BCUT2D eigenvalue weighted by Gasteiger charge is 2.15. The van der Waals surface area contributed by atoms with Crippen LogP contribution in [0.1, 0.15) is 41.3 Å². The molecule has 148 valence electrons. The lowest BCUT2D eigenvalue weighted by Crippen LogP contribution is -2.25. The lowest BCUT2D eigenvalue weighted by atomic mass is 10.1. The predicted octanol–water partition coefficient (Wildman–Crippen LogP) is 3.27. The monoisotopic (exact) mass is 392 g/mol. The van der Waals surface area contributed by atoms with Gasteiger partial charge in [0.15, 0.2) is 5.69 Å². The Labute approximate surface area is 167 Å². The summed E-state index contributed by atoms with van der Waals surface area (Å²) in [5.41, 5.74) is 3.09. The molecule has 7 nitrogen and oxygen atoms in total. The molecule has 0 spiro atoms. The molecule has 2 heterocycles. The Bertz CT molecular complexity index is 1080. The standard InChI is InChI=1S/C21H21FN6O/c1-14(15-8-10-16(22)11-9-15)28-13-19(26-27-28)21(29)23-12-4-7-20-24-17-5-2-3-6-18(17)25-20/h2-3,5-6,8-11,13-14H,4,7,12H2,1H3,(H,23,29)(H,24,25). The van der Waals surface area contributed by atoms with Crippen molar-refractivity contribution in [2.75, 3.05) is 6.54 Å². The maximum absolute atomic E-state index is 13.1. The van der Waals surface area contributed by atoms with Gasteiger partial charge in [-0.25, -0.2) is 14.1 Å². The summed E-state index contributed by atoms with van der Waals surface area (Å²) in [5.74, 6) is 0.342. The van der Waals surface area contributed by atoms with Crippen molar-refractivity contribution in [1.29, 1.82) is 0 Å². The minimum Gasteiger partial charge on any atom is -0.351 e. The molecule has 0 saturated carbocycles. The maximum Gasteiger partial charge on any atom is 0.273 e. The molecule has 0 fully saturated rings. The normalized spacial score (nSPS) is 12.2. The van der Waals surface area contributed by atoms with Crippen LogP contribution in [0.4, 0.5) is 4.39 Å². The number of imidazole rings is 1. The number of amides is 1. The molecule has 8 heteroatoms. The molecule has 1 unspecified atom stereocenters. The summed E-state index contributed by atoms with van der Waals surface area (Å²) in [4.78, 5) is 20.1. The Morgan fingerprint density at radius 2 is 2.00 bits per heavy atom. The minimum atomic E-state index is -0.290. The van der Waals surface area contributed by atoms with E-state index in [1.165, 1.54) is 12.1 Å². The highest BCUT2D eigenvalue weighted by Crippen LogP contribution is 2.17. The Morgan fingerprint density at radius 1 is 1.21 bits per heavy atom. The van der Waals surface area contributed by atoms with Gasteiger partial charge < -0.3 is 10.3 Å². The number of hydrogen-bond donors (Lipinski definition) is 2. The highest BCUT2D eigenvalue weighted by molar-refractivity contribution is 5.91. The zero-order chi connectivity index (χ0) is 20.2. The molecule has 2 aromatic carbocycles. The fourth-order valence-corrected chi connectivity index (χ4v) is 3.14. The number of halogens is 1. The van der Waals surface area contributed by atoms with Crippen LogP contribution in [-0.4, -0.2) is 37.4 Å². The molecule has 0 aliphatic rings. The SMILES string of the molecule is CC(c1ccc(F)cc1)n1cc(C(=O)NCCCc2nc3ccccc3[nH]2)nn1. The number of carbonyl (C=O) groups excluding carboxylic acids is 1. The number of aryl methyl sites for hydroxylation is 1. The summed E-state index contributed by atoms with van der Waals surface area (Å²) in [7, 11) is 0. The second kappa shape index (κ2) is 8.22. The molecule has 0 bridgehead atoms. The third-order valence-corrected chi connectivity index (χ3v) is 4.81. The van der Waals surface area contributed by atoms with Crippen LogP contribution < -0.4 is 5.32 Å². The number of nitrogens with zero attached hydrogens (tertiary/aromatic N) is 4. The summed E-state index contributed by atoms with van der Waals surface area (Å²) in [6, 6.07) is 13.9. The molecule has 0 aliphatic heterocycles. The largest absolute Gasteiger partial charge is 0.351 e. The summed E-state index contributed by atoms with van der Waals surface area (Å²) in [6.45, 7) is 2.42. The second-order valence-corrected chi connectivity index (χ2v) is 6.87. The number of hydrogen-bond acceptors (Lipinski definition) is 4. The molecule has 0 radical (unpaired) electrons. The van der Waals surface area contributed by atoms with E-state index in [9.17, 15) is 9.18 Å². The van der Waals surface area contributed by atoms with Crippen molar-refractivity contribution in [2.45, 2.75) is 25.8 Å². The number of fused-ring (bicyclic) bond motifs is 1. The lowest BCUT2D eigenvalue weighted by Gasteiger charge is -2.11. The van der Waals surface area contributed by atoms with Gasteiger partial charge in [0.1, 0.15) is 11.6 Å². The molecule has 29 heavy (non-hydrogen) atoms. The Kier molecular flexibility index (Phi) is 5.33. The van der Waals surface area contributed by atoms with Crippen molar-refractivity contribution in [2.24, 2.45) is 0 Å². The zero-order valence-corrected chi connectivity index (χ0v) is 16.0. The summed E-state index contributed by atoms with van der Waals surface area (Å²) in [5, 5.41) is 10.8. The smallest absolute Gasteiger partial charge is 0.273 e. The molecule has 0 saturated heterocycles. The second-order valence-electron chi connectivity index (χ2n) is 6.87. The number of nitrogens with one attached hydrogen (secondary N) is 2. The maximum atomic E-state index is 13.1. The van der Waals surface area contributed by atoms with Crippen LogP contribution in [0.3, 0.4) is 0 Å². The zero-order valence-electron chi connectivity index (χ0n) is 16.0. The first kappa shape index (κ1) is 18.8. The molecule has 1 atom stereocenters. The van der Waals surface area contributed by atoms with E-state index < -0.39 is 0 Å². The number of benzene rings is 2. The van der Waals surface area contributed by atoms with Crippen LogP contribution in [0.25, 0.3) is 11.0 Å². The van der Waals surface area contributed by atoms with Gasteiger partial charge in [0.25, 0.3) is 5.91 Å². The molecule has 4 rings (SSSR count). The van der Waals surface area contributed by atoms with E-state index in [1.54, 1.807) is 23.0 Å². The van der Waals surface area contributed by atoms with Crippen LogP contribution >= 0.6 is 0 Å². The lowest BCUT2D eigenvalue weighted by molar-refractivity contribution is 0.0948. The summed E-state index contributed by atoms with van der Waals surface area (Å²) in [6.07, 6.45) is 3.09. The summed E-state index contributed by atoms with van der Waals surface area (Å²) >= 11 is 0. The first-order chi connectivity index (χ1) is 14.1. The van der Waals surface area contributed by atoms with E-state index in [1.807, 2.05) is 31.2 Å². The van der Waals surface area contributed by atoms with E-state index in [-0.39, 0.29) is 23.5 Å². The third kappa shape index (κ3) is 4.31. The molecule has 4 aromatic rings. The summed E-state index contributed by atoms with van der Waals surface area (Å²) < 4.78 is 14.7. The number of H-pyrrole nitrogens is 1. The fraction of sp³-hybridized carbons (Fsp3) is 0.238. The number of para-hydroxylation sites is 2. The quantitative estimate of drug-likeness (QED) is 0.473. The van der Waals surface area contributed by atoms with Crippen molar-refractivity contribution in [3.63, 3.8) is 0 Å². The number of carbonyl (C=O) groups is 1. The van der Waals surface area contributed by atoms with Gasteiger partial charge in [-0.05, 0) is 43.2 Å². The van der Waals surface area contributed by atoms with Crippen molar-refractivity contribution < 1.29 is 9.18 Å². The Hall–Kier alpha value is -3.55. The highest BCUT2D eigenvalue weighted by atomic mass is 19.1. The van der Waals surface area contributed by atoms with Crippen molar-refractivity contribution >= 4 is 16.9 Å². The average Bonchev–Trinajstić information content (AvgIpc) is 3.38. The Morgan fingerprint density at radius 3 is 2.79 bits per heavy atom. The van der Waals surface area contributed by atoms with E-state index in [4.69, 9.17) is 0 Å². The van der Waals surface area contributed by atoms with Gasteiger partial charge >= 0.3 is 0 Å². The first-order valence-corrected chi connectivity index (χ1v) is 9.49. The van der Waals surface area contributed by atoms with Gasteiger partial charge in [-0.1, -0.05) is 29.5 Å². The predicted molar refractivity (Wildman–Crippen MR) is 107 cm³/mol. The molecule has 2 aromatic heterocycles. The van der Waals surface area contributed by atoms with Gasteiger partial charge in [-0.2, -0.15) is 0 Å². The van der Waals surface area contributed by atoms with E-state index in [0.717, 1.165) is 35.3 Å². The van der Waals surface area contributed by atoms with Crippen molar-refractivity contribution in [3.05, 3.63) is 77.6 Å². The van der Waals surface area contributed by atoms with Gasteiger partial charge in [-0.3, -0.25) is 4.79 Å². The minimum absolute atomic E-state index is 0.155. The first-order valence-electron chi connectivity index (χ1n) is 9.49. The van der Waals surface area contributed by atoms with Crippen LogP contribution in [0.2, 0.25) is 0 Å².